The molecule has 7 heteroatoms. The van der Waals surface area contributed by atoms with Gasteiger partial charge >= 0.3 is 0 Å². The molecule has 0 atom stereocenters. The van der Waals surface area contributed by atoms with Crippen LogP contribution in [0.25, 0.3) is 0 Å². The molecule has 1 aliphatic heterocycles. The molecule has 124 valence electrons. The number of benzene rings is 2. The van der Waals surface area contributed by atoms with Crippen LogP contribution in [0.1, 0.15) is 15.9 Å². The molecule has 2 aromatic carbocycles. The predicted octanol–water partition coefficient (Wildman–Crippen LogP) is 3.60. The topological polar surface area (TPSA) is 58.6 Å². The highest BCUT2D eigenvalue weighted by Crippen LogP contribution is 2.29. The minimum atomic E-state index is -0.242. The molecule has 0 saturated carbocycles. The van der Waals surface area contributed by atoms with Gasteiger partial charge in [0.25, 0.3) is 11.8 Å². The van der Waals surface area contributed by atoms with Crippen molar-refractivity contribution in [2.24, 2.45) is 0 Å². The summed E-state index contributed by atoms with van der Waals surface area (Å²) in [4.78, 5) is 25.5. The lowest BCUT2D eigenvalue weighted by Crippen LogP contribution is -2.28. The zero-order valence-corrected chi connectivity index (χ0v) is 14.3. The summed E-state index contributed by atoms with van der Waals surface area (Å²) >= 11 is 12.0. The van der Waals surface area contributed by atoms with Crippen molar-refractivity contribution in [3.63, 3.8) is 0 Å². The number of nitrogens with zero attached hydrogens (tertiary/aromatic N) is 1. The zero-order valence-electron chi connectivity index (χ0n) is 12.8. The van der Waals surface area contributed by atoms with E-state index in [1.807, 2.05) is 0 Å². The van der Waals surface area contributed by atoms with Crippen LogP contribution in [0.5, 0.6) is 5.75 Å². The first-order valence-electron chi connectivity index (χ1n) is 7.20. The lowest BCUT2D eigenvalue weighted by Gasteiger charge is -2.21. The maximum Gasteiger partial charge on any atom is 0.262 e. The monoisotopic (exact) mass is 364 g/mol. The number of amides is 2. The predicted molar refractivity (Wildman–Crippen MR) is 92.8 cm³/mol. The minimum absolute atomic E-state index is 0.0186. The molecule has 3 rings (SSSR count). The third kappa shape index (κ3) is 3.47. The number of rotatable bonds is 3. The molecule has 0 spiro atoms. The Hall–Kier alpha value is -2.24. The number of carbonyl (C=O) groups is 2. The number of anilines is 1. The van der Waals surface area contributed by atoms with E-state index in [4.69, 9.17) is 27.9 Å². The van der Waals surface area contributed by atoms with E-state index in [1.54, 1.807) is 48.3 Å². The van der Waals surface area contributed by atoms with Crippen LogP contribution >= 0.6 is 23.2 Å². The van der Waals surface area contributed by atoms with Gasteiger partial charge in [0.05, 0.1) is 5.69 Å². The number of hydrogen-bond donors (Lipinski definition) is 1. The van der Waals surface area contributed by atoms with Crippen LogP contribution in [-0.4, -0.2) is 30.4 Å². The molecular formula is C17H14Cl2N2O3. The Kier molecular flexibility index (Phi) is 4.64. The first kappa shape index (κ1) is 16.6. The summed E-state index contributed by atoms with van der Waals surface area (Å²) in [5.41, 5.74) is 1.74. The molecular weight excluding hydrogens is 351 g/mol. The summed E-state index contributed by atoms with van der Waals surface area (Å²) in [6, 6.07) is 10.1. The second-order valence-corrected chi connectivity index (χ2v) is 6.29. The molecule has 5 nitrogen and oxygen atoms in total. The first-order chi connectivity index (χ1) is 11.4. The molecule has 0 saturated heterocycles. The quantitative estimate of drug-likeness (QED) is 0.904. The molecule has 1 N–H and O–H groups in total. The summed E-state index contributed by atoms with van der Waals surface area (Å²) in [7, 11) is 1.68. The van der Waals surface area contributed by atoms with Crippen LogP contribution in [0.15, 0.2) is 36.4 Å². The first-order valence-corrected chi connectivity index (χ1v) is 7.96. The van der Waals surface area contributed by atoms with Crippen molar-refractivity contribution in [2.45, 2.75) is 6.54 Å². The van der Waals surface area contributed by atoms with Crippen LogP contribution < -0.4 is 10.1 Å². The van der Waals surface area contributed by atoms with E-state index in [-0.39, 0.29) is 18.4 Å². The highest BCUT2D eigenvalue weighted by Gasteiger charge is 2.19. The van der Waals surface area contributed by atoms with E-state index in [0.717, 1.165) is 5.56 Å². The second kappa shape index (κ2) is 6.71. The number of carbonyl (C=O) groups excluding carboxylic acids is 2. The van der Waals surface area contributed by atoms with Gasteiger partial charge in [-0.2, -0.15) is 0 Å². The van der Waals surface area contributed by atoms with E-state index >= 15 is 0 Å². The number of halogens is 2. The van der Waals surface area contributed by atoms with Gasteiger partial charge < -0.3 is 15.0 Å². The Morgan fingerprint density at radius 1 is 1.25 bits per heavy atom. The Morgan fingerprint density at radius 2 is 2.04 bits per heavy atom. The van der Waals surface area contributed by atoms with E-state index < -0.39 is 0 Å². The van der Waals surface area contributed by atoms with Crippen LogP contribution in [0.3, 0.4) is 0 Å². The number of nitrogens with one attached hydrogen (secondary N) is 1. The van der Waals surface area contributed by atoms with Crippen LogP contribution in [0.2, 0.25) is 10.0 Å². The van der Waals surface area contributed by atoms with Crippen LogP contribution in [0, 0.1) is 0 Å². The molecule has 1 heterocycles. The summed E-state index contributed by atoms with van der Waals surface area (Å²) in [5, 5.41) is 3.74. The van der Waals surface area contributed by atoms with Crippen molar-refractivity contribution >= 4 is 40.7 Å². The summed E-state index contributed by atoms with van der Waals surface area (Å²) in [6.07, 6.45) is 0. The highest BCUT2D eigenvalue weighted by molar-refractivity contribution is 6.35. The van der Waals surface area contributed by atoms with Crippen molar-refractivity contribution in [1.29, 1.82) is 0 Å². The average molecular weight is 365 g/mol. The molecule has 1 aliphatic rings. The third-order valence-electron chi connectivity index (χ3n) is 3.63. The standard InChI is InChI=1S/C17H14Cl2N2O3/c1-21(8-11-2-4-12(18)7-13(11)19)17(23)10-3-5-15-14(6-10)20-16(22)9-24-15/h2-7H,8-9H2,1H3,(H,20,22). The fourth-order valence-electron chi connectivity index (χ4n) is 2.41. The van der Waals surface area contributed by atoms with Crippen molar-refractivity contribution < 1.29 is 14.3 Å². The van der Waals surface area contributed by atoms with Gasteiger partial charge in [-0.05, 0) is 35.9 Å². The SMILES string of the molecule is CN(Cc1ccc(Cl)cc1Cl)C(=O)c1ccc2c(c1)NC(=O)CO2. The fraction of sp³-hybridized carbons (Fsp3) is 0.176. The largest absolute Gasteiger partial charge is 0.482 e. The molecule has 0 fully saturated rings. The van der Waals surface area contributed by atoms with Gasteiger partial charge in [0.15, 0.2) is 6.61 Å². The van der Waals surface area contributed by atoms with Crippen LogP contribution in [0.4, 0.5) is 5.69 Å². The summed E-state index contributed by atoms with van der Waals surface area (Å²) < 4.78 is 5.29. The lowest BCUT2D eigenvalue weighted by molar-refractivity contribution is -0.118. The van der Waals surface area contributed by atoms with Crippen molar-refractivity contribution in [2.75, 3.05) is 19.0 Å². The Bertz CT molecular complexity index is 823. The average Bonchev–Trinajstić information content (AvgIpc) is 2.56. The normalized spacial score (nSPS) is 12.9. The van der Waals surface area contributed by atoms with Gasteiger partial charge in [-0.25, -0.2) is 0 Å². The number of ether oxygens (including phenoxy) is 1. The summed E-state index contributed by atoms with van der Waals surface area (Å²) in [5.74, 6) is 0.117. The van der Waals surface area contributed by atoms with Gasteiger partial charge in [-0.15, -0.1) is 0 Å². The van der Waals surface area contributed by atoms with Gasteiger partial charge in [0.2, 0.25) is 0 Å². The molecule has 0 aromatic heterocycles. The van der Waals surface area contributed by atoms with Crippen molar-refractivity contribution in [1.82, 2.24) is 4.90 Å². The lowest BCUT2D eigenvalue weighted by atomic mass is 10.1. The van der Waals surface area contributed by atoms with Gasteiger partial charge in [0, 0.05) is 29.2 Å². The highest BCUT2D eigenvalue weighted by atomic mass is 35.5. The van der Waals surface area contributed by atoms with E-state index in [1.165, 1.54) is 0 Å². The van der Waals surface area contributed by atoms with Crippen molar-refractivity contribution in [3.8, 4) is 5.75 Å². The fourth-order valence-corrected chi connectivity index (χ4v) is 2.88. The van der Waals surface area contributed by atoms with Crippen LogP contribution in [-0.2, 0) is 11.3 Å². The number of fused-ring (bicyclic) bond motifs is 1. The maximum atomic E-state index is 12.6. The minimum Gasteiger partial charge on any atom is -0.482 e. The maximum absolute atomic E-state index is 12.6. The van der Waals surface area contributed by atoms with E-state index in [0.29, 0.717) is 33.6 Å². The summed E-state index contributed by atoms with van der Waals surface area (Å²) in [6.45, 7) is 0.323. The van der Waals surface area contributed by atoms with E-state index in [2.05, 4.69) is 5.32 Å². The molecule has 0 unspecified atom stereocenters. The Labute approximate surface area is 149 Å². The zero-order chi connectivity index (χ0) is 17.3. The van der Waals surface area contributed by atoms with E-state index in [9.17, 15) is 9.59 Å². The van der Waals surface area contributed by atoms with Crippen molar-refractivity contribution in [3.05, 3.63) is 57.6 Å². The van der Waals surface area contributed by atoms with Gasteiger partial charge in [-0.1, -0.05) is 29.3 Å². The molecule has 0 radical (unpaired) electrons. The third-order valence-corrected chi connectivity index (χ3v) is 4.22. The molecule has 2 amide bonds. The smallest absolute Gasteiger partial charge is 0.262 e. The second-order valence-electron chi connectivity index (χ2n) is 5.44. The molecule has 0 aliphatic carbocycles. The number of hydrogen-bond acceptors (Lipinski definition) is 3. The Morgan fingerprint density at radius 3 is 2.79 bits per heavy atom. The van der Waals surface area contributed by atoms with Gasteiger partial charge in [-0.3, -0.25) is 9.59 Å². The molecule has 0 bridgehead atoms. The molecule has 2 aromatic rings. The van der Waals surface area contributed by atoms with Gasteiger partial charge in [0.1, 0.15) is 5.75 Å². The Balaban J connectivity index is 1.78. The molecule has 24 heavy (non-hydrogen) atoms.